The van der Waals surface area contributed by atoms with Crippen molar-refractivity contribution in [3.8, 4) is 17.3 Å². The lowest BCUT2D eigenvalue weighted by Gasteiger charge is -2.08. The predicted molar refractivity (Wildman–Crippen MR) is 63.6 cm³/mol. The van der Waals surface area contributed by atoms with Crippen molar-refractivity contribution in [3.63, 3.8) is 0 Å². The third-order valence-electron chi connectivity index (χ3n) is 2.33. The highest BCUT2D eigenvalue weighted by Gasteiger charge is 2.18. The van der Waals surface area contributed by atoms with Crippen LogP contribution in [0.4, 0.5) is 0 Å². The van der Waals surface area contributed by atoms with Gasteiger partial charge in [-0.2, -0.15) is 10.1 Å². The van der Waals surface area contributed by atoms with E-state index in [1.165, 1.54) is 13.1 Å². The number of hydrogen-bond acceptors (Lipinski definition) is 3. The second kappa shape index (κ2) is 4.59. The Balaban J connectivity index is 2.57. The summed E-state index contributed by atoms with van der Waals surface area (Å²) in [5, 5.41) is 21.0. The zero-order valence-corrected chi connectivity index (χ0v) is 9.62. The number of rotatable bonds is 2. The van der Waals surface area contributed by atoms with Gasteiger partial charge in [-0.3, -0.25) is 0 Å². The fourth-order valence-electron chi connectivity index (χ4n) is 1.63. The Morgan fingerprint density at radius 1 is 1.44 bits per heavy atom. The van der Waals surface area contributed by atoms with Crippen LogP contribution in [-0.2, 0) is 4.79 Å². The van der Waals surface area contributed by atoms with E-state index in [0.29, 0.717) is 10.4 Å². The Kier molecular flexibility index (Phi) is 2.98. The lowest BCUT2D eigenvalue weighted by molar-refractivity contribution is -0.678. The van der Waals surface area contributed by atoms with Crippen LogP contribution < -0.4 is 10.3 Å². The number of benzene rings is 1. The molecule has 2 aromatic rings. The Bertz CT molecular complexity index is 626. The average Bonchev–Trinajstić information content (AvgIpc) is 2.66. The summed E-state index contributed by atoms with van der Waals surface area (Å²) in [5.41, 5.74) is 3.35. The van der Waals surface area contributed by atoms with Crippen LogP contribution in [0.1, 0.15) is 12.5 Å². The molecule has 1 aromatic heterocycles. The monoisotopic (exact) mass is 242 g/mol. The van der Waals surface area contributed by atoms with Gasteiger partial charge in [0.2, 0.25) is 0 Å². The van der Waals surface area contributed by atoms with E-state index in [9.17, 15) is 10.0 Å². The molecule has 0 spiro atoms. The highest BCUT2D eigenvalue weighted by molar-refractivity contribution is 5.80. The van der Waals surface area contributed by atoms with Crippen LogP contribution in [0.5, 0.6) is 0 Å². The van der Waals surface area contributed by atoms with Crippen molar-refractivity contribution >= 4 is 5.91 Å². The lowest BCUT2D eigenvalue weighted by atomic mass is 10.1. The van der Waals surface area contributed by atoms with Gasteiger partial charge in [-0.05, 0) is 0 Å². The standard InChI is InChI=1S/C12H10N4O2/c1-9(17)14-15-8-11(7-13)12(16(15)18)10-5-3-2-4-6-10/h2-6,8H,1H3,(H,14,17). The van der Waals surface area contributed by atoms with Gasteiger partial charge in [0.1, 0.15) is 17.8 Å². The average molecular weight is 242 g/mol. The molecule has 0 radical (unpaired) electrons. The number of carbonyl (C=O) groups is 1. The maximum atomic E-state index is 12.0. The number of nitrogens with one attached hydrogen (secondary N) is 1. The molecule has 0 unspecified atom stereocenters. The van der Waals surface area contributed by atoms with Gasteiger partial charge in [-0.25, -0.2) is 4.79 Å². The number of nitrogens with zero attached hydrogens (tertiary/aromatic N) is 3. The number of carbonyl (C=O) groups excluding carboxylic acids is 1. The molecule has 0 fully saturated rings. The van der Waals surface area contributed by atoms with E-state index in [2.05, 4.69) is 5.43 Å². The van der Waals surface area contributed by atoms with Gasteiger partial charge in [0.05, 0.1) is 0 Å². The third-order valence-corrected chi connectivity index (χ3v) is 2.33. The van der Waals surface area contributed by atoms with Gasteiger partial charge >= 0.3 is 5.91 Å². The van der Waals surface area contributed by atoms with Gasteiger partial charge in [0.25, 0.3) is 0 Å². The molecule has 0 aliphatic rings. The van der Waals surface area contributed by atoms with E-state index in [1.54, 1.807) is 24.3 Å². The first-order chi connectivity index (χ1) is 8.63. The second-order valence-electron chi connectivity index (χ2n) is 3.65. The summed E-state index contributed by atoms with van der Waals surface area (Å²) in [4.78, 5) is 12.4. The summed E-state index contributed by atoms with van der Waals surface area (Å²) in [5.74, 6) is -0.390. The van der Waals surface area contributed by atoms with Crippen molar-refractivity contribution in [3.05, 3.63) is 47.3 Å². The van der Waals surface area contributed by atoms with E-state index < -0.39 is 5.91 Å². The van der Waals surface area contributed by atoms with E-state index in [1.807, 2.05) is 12.1 Å². The number of nitriles is 1. The Morgan fingerprint density at radius 2 is 2.11 bits per heavy atom. The molecule has 6 heteroatoms. The number of aromatic nitrogens is 2. The molecule has 2 rings (SSSR count). The first-order valence-electron chi connectivity index (χ1n) is 5.22. The van der Waals surface area contributed by atoms with Crippen molar-refractivity contribution in [2.75, 3.05) is 5.43 Å². The van der Waals surface area contributed by atoms with Crippen molar-refractivity contribution in [2.24, 2.45) is 0 Å². The van der Waals surface area contributed by atoms with Gasteiger partial charge in [0.15, 0.2) is 5.69 Å². The van der Waals surface area contributed by atoms with Crippen LogP contribution in [0.2, 0.25) is 0 Å². The molecule has 0 aliphatic heterocycles. The smallest absolute Gasteiger partial charge is 0.322 e. The predicted octanol–water partition coefficient (Wildman–Crippen LogP) is 0.750. The van der Waals surface area contributed by atoms with Gasteiger partial charge in [-0.1, -0.05) is 35.1 Å². The minimum absolute atomic E-state index is 0.199. The molecular weight excluding hydrogens is 232 g/mol. The molecular formula is C12H10N4O2. The molecule has 6 nitrogen and oxygen atoms in total. The van der Waals surface area contributed by atoms with Gasteiger partial charge in [-0.15, -0.1) is 5.43 Å². The summed E-state index contributed by atoms with van der Waals surface area (Å²) in [7, 11) is 0. The summed E-state index contributed by atoms with van der Waals surface area (Å²) in [6, 6.07) is 10.7. The van der Waals surface area contributed by atoms with Crippen LogP contribution in [-0.4, -0.2) is 10.7 Å². The normalized spacial score (nSPS) is 9.78. The van der Waals surface area contributed by atoms with Crippen LogP contribution >= 0.6 is 0 Å². The summed E-state index contributed by atoms with van der Waals surface area (Å²) >= 11 is 0. The number of amides is 1. The highest BCUT2D eigenvalue weighted by atomic mass is 16.5. The fraction of sp³-hybridized carbons (Fsp3) is 0.0833. The Hall–Kier alpha value is -2.81. The van der Waals surface area contributed by atoms with E-state index >= 15 is 0 Å². The van der Waals surface area contributed by atoms with Crippen LogP contribution in [0, 0.1) is 16.5 Å². The fourth-order valence-corrected chi connectivity index (χ4v) is 1.63. The van der Waals surface area contributed by atoms with Gasteiger partial charge < -0.3 is 5.21 Å². The van der Waals surface area contributed by atoms with Crippen molar-refractivity contribution in [1.82, 2.24) is 4.79 Å². The van der Waals surface area contributed by atoms with E-state index in [0.717, 1.165) is 4.79 Å². The highest BCUT2D eigenvalue weighted by Crippen LogP contribution is 2.18. The van der Waals surface area contributed by atoms with Crippen molar-refractivity contribution in [1.29, 1.82) is 5.26 Å². The zero-order chi connectivity index (χ0) is 13.1. The molecule has 1 N–H and O–H groups in total. The zero-order valence-electron chi connectivity index (χ0n) is 9.62. The maximum Gasteiger partial charge on any atom is 0.322 e. The van der Waals surface area contributed by atoms with Crippen LogP contribution in [0.3, 0.4) is 0 Å². The number of hydrogen-bond donors (Lipinski definition) is 1. The SMILES string of the molecule is CC(=O)Nn1cc(C#N)c(-c2ccccc2)[n+]1[O-]. The quantitative estimate of drug-likeness (QED) is 0.623. The minimum Gasteiger partial charge on any atom is -0.692 e. The molecule has 0 bridgehead atoms. The summed E-state index contributed by atoms with van der Waals surface area (Å²) in [6.07, 6.45) is 1.29. The topological polar surface area (TPSA) is 84.8 Å². The van der Waals surface area contributed by atoms with Crippen molar-refractivity contribution in [2.45, 2.75) is 6.92 Å². The maximum absolute atomic E-state index is 12.0. The largest absolute Gasteiger partial charge is 0.692 e. The van der Waals surface area contributed by atoms with E-state index in [4.69, 9.17) is 5.26 Å². The van der Waals surface area contributed by atoms with E-state index in [-0.39, 0.29) is 11.3 Å². The van der Waals surface area contributed by atoms with Crippen LogP contribution in [0.25, 0.3) is 11.3 Å². The molecule has 18 heavy (non-hydrogen) atoms. The molecule has 0 saturated carbocycles. The molecule has 1 amide bonds. The minimum atomic E-state index is -0.390. The molecule has 90 valence electrons. The third kappa shape index (κ3) is 2.01. The summed E-state index contributed by atoms with van der Waals surface area (Å²) in [6.45, 7) is 1.29. The first kappa shape index (κ1) is 11.7. The molecule has 0 saturated heterocycles. The molecule has 1 aromatic carbocycles. The van der Waals surface area contributed by atoms with Crippen molar-refractivity contribution < 1.29 is 9.64 Å². The van der Waals surface area contributed by atoms with Crippen LogP contribution in [0.15, 0.2) is 36.5 Å². The second-order valence-corrected chi connectivity index (χ2v) is 3.65. The summed E-state index contributed by atoms with van der Waals surface area (Å²) < 4.78 is 0. The molecule has 0 atom stereocenters. The first-order valence-corrected chi connectivity index (χ1v) is 5.22. The Labute approximate surface area is 103 Å². The molecule has 0 aliphatic carbocycles. The molecule has 1 heterocycles. The lowest BCUT2D eigenvalue weighted by Crippen LogP contribution is -2.44. The van der Waals surface area contributed by atoms with Gasteiger partial charge in [0, 0.05) is 12.5 Å². The Morgan fingerprint density at radius 3 is 2.67 bits per heavy atom.